The Kier molecular flexibility index (Phi) is 6.79. The van der Waals surface area contributed by atoms with E-state index in [-0.39, 0.29) is 23.1 Å². The van der Waals surface area contributed by atoms with Gasteiger partial charge in [0.15, 0.2) is 16.8 Å². The van der Waals surface area contributed by atoms with Gasteiger partial charge in [-0.15, -0.1) is 10.2 Å². The van der Waals surface area contributed by atoms with Gasteiger partial charge in [0.05, 0.1) is 10.7 Å². The molecule has 0 radical (unpaired) electrons. The van der Waals surface area contributed by atoms with Crippen LogP contribution in [0.25, 0.3) is 17.1 Å². The number of hydrogen-bond donors (Lipinski definition) is 1. The van der Waals surface area contributed by atoms with Crippen LogP contribution in [0.1, 0.15) is 17.3 Å². The van der Waals surface area contributed by atoms with Gasteiger partial charge in [-0.25, -0.2) is 0 Å². The van der Waals surface area contributed by atoms with Crippen molar-refractivity contribution in [2.24, 2.45) is 0 Å². The zero-order valence-corrected chi connectivity index (χ0v) is 18.9. The van der Waals surface area contributed by atoms with Crippen molar-refractivity contribution < 1.29 is 14.5 Å². The summed E-state index contributed by atoms with van der Waals surface area (Å²) in [4.78, 5) is 34.9. The van der Waals surface area contributed by atoms with Crippen LogP contribution >= 0.6 is 11.8 Å². The summed E-state index contributed by atoms with van der Waals surface area (Å²) in [5, 5.41) is 23.0. The lowest BCUT2D eigenvalue weighted by Crippen LogP contribution is -2.15. The van der Waals surface area contributed by atoms with Crippen molar-refractivity contribution in [2.75, 3.05) is 11.1 Å². The minimum Gasteiger partial charge on any atom is -0.325 e. The molecule has 1 amide bonds. The summed E-state index contributed by atoms with van der Waals surface area (Å²) >= 11 is 1.18. The molecular weight excluding hydrogens is 454 g/mol. The van der Waals surface area contributed by atoms with E-state index in [9.17, 15) is 19.7 Å². The lowest BCUT2D eigenvalue weighted by Gasteiger charge is -2.10. The molecule has 0 bridgehead atoms. The Bertz CT molecular complexity index is 1370. The average molecular weight is 474 g/mol. The highest BCUT2D eigenvalue weighted by molar-refractivity contribution is 7.99. The number of carbonyl (C=O) groups is 2. The maximum Gasteiger partial charge on any atom is 0.270 e. The molecule has 3 aromatic carbocycles. The molecule has 4 rings (SSSR count). The van der Waals surface area contributed by atoms with E-state index in [4.69, 9.17) is 0 Å². The Morgan fingerprint density at radius 2 is 1.76 bits per heavy atom. The summed E-state index contributed by atoms with van der Waals surface area (Å²) in [6.07, 6.45) is 0. The Morgan fingerprint density at radius 1 is 1.00 bits per heavy atom. The second-order valence-corrected chi connectivity index (χ2v) is 8.20. The number of benzene rings is 3. The van der Waals surface area contributed by atoms with Gasteiger partial charge in [0.25, 0.3) is 5.69 Å². The summed E-state index contributed by atoms with van der Waals surface area (Å²) in [5.41, 5.74) is 2.27. The topological polar surface area (TPSA) is 120 Å². The summed E-state index contributed by atoms with van der Waals surface area (Å²) < 4.78 is 1.76. The number of para-hydroxylation sites is 1. The van der Waals surface area contributed by atoms with Crippen LogP contribution in [-0.2, 0) is 4.79 Å². The predicted molar refractivity (Wildman–Crippen MR) is 129 cm³/mol. The van der Waals surface area contributed by atoms with Gasteiger partial charge in [-0.1, -0.05) is 54.2 Å². The van der Waals surface area contributed by atoms with Crippen LogP contribution in [0, 0.1) is 10.1 Å². The van der Waals surface area contributed by atoms with Crippen molar-refractivity contribution >= 4 is 34.8 Å². The molecule has 10 heteroatoms. The van der Waals surface area contributed by atoms with Crippen LogP contribution in [0.15, 0.2) is 84.0 Å². The third-order valence-corrected chi connectivity index (χ3v) is 5.78. The minimum absolute atomic E-state index is 0.0458. The molecule has 0 atom stereocenters. The summed E-state index contributed by atoms with van der Waals surface area (Å²) in [6.45, 7) is 1.46. The lowest BCUT2D eigenvalue weighted by molar-refractivity contribution is -0.384. The van der Waals surface area contributed by atoms with Crippen LogP contribution in [0.2, 0.25) is 0 Å². The van der Waals surface area contributed by atoms with Crippen molar-refractivity contribution in [3.05, 3.63) is 94.5 Å². The second-order valence-electron chi connectivity index (χ2n) is 7.26. The highest BCUT2D eigenvalue weighted by Gasteiger charge is 2.19. The van der Waals surface area contributed by atoms with E-state index in [1.54, 1.807) is 41.0 Å². The van der Waals surface area contributed by atoms with Gasteiger partial charge in [-0.05, 0) is 31.2 Å². The smallest absolute Gasteiger partial charge is 0.270 e. The minimum atomic E-state index is -0.464. The Balaban J connectivity index is 1.59. The third-order valence-electron chi connectivity index (χ3n) is 4.85. The quantitative estimate of drug-likeness (QED) is 0.169. The Morgan fingerprint density at radius 3 is 2.50 bits per heavy atom. The molecule has 0 unspecified atom stereocenters. The number of nitrogens with zero attached hydrogens (tertiary/aromatic N) is 4. The van der Waals surface area contributed by atoms with Crippen molar-refractivity contribution in [2.45, 2.75) is 12.1 Å². The largest absolute Gasteiger partial charge is 0.325 e. The van der Waals surface area contributed by atoms with Crippen LogP contribution < -0.4 is 5.32 Å². The van der Waals surface area contributed by atoms with Crippen molar-refractivity contribution in [1.29, 1.82) is 0 Å². The fourth-order valence-corrected chi connectivity index (χ4v) is 4.01. The van der Waals surface area contributed by atoms with E-state index in [1.807, 2.05) is 30.3 Å². The van der Waals surface area contributed by atoms with E-state index in [0.29, 0.717) is 27.8 Å². The van der Waals surface area contributed by atoms with E-state index in [1.165, 1.54) is 30.8 Å². The number of ketones is 1. The first-order valence-corrected chi connectivity index (χ1v) is 11.2. The second kappa shape index (κ2) is 10.1. The molecule has 0 spiro atoms. The molecule has 9 nitrogen and oxygen atoms in total. The number of carbonyl (C=O) groups excluding carboxylic acids is 2. The number of non-ortho nitro benzene ring substituents is 1. The number of rotatable bonds is 8. The standard InChI is InChI=1S/C24H19N5O4S/c1-16(30)17-7-5-9-19(13-17)25-22(31)15-34-24-27-26-23(28(24)20-10-3-2-4-11-20)18-8-6-12-21(14-18)29(32)33/h2-14H,15H2,1H3,(H,25,31). The first-order chi connectivity index (χ1) is 16.4. The normalized spacial score (nSPS) is 10.6. The molecule has 34 heavy (non-hydrogen) atoms. The van der Waals surface area contributed by atoms with Crippen LogP contribution in [0.5, 0.6) is 0 Å². The van der Waals surface area contributed by atoms with Crippen molar-refractivity contribution in [3.63, 3.8) is 0 Å². The number of thioether (sulfide) groups is 1. The van der Waals surface area contributed by atoms with Crippen LogP contribution in [0.4, 0.5) is 11.4 Å². The summed E-state index contributed by atoms with van der Waals surface area (Å²) in [6, 6.07) is 22.2. The molecular formula is C24H19N5O4S. The lowest BCUT2D eigenvalue weighted by atomic mass is 10.1. The van der Waals surface area contributed by atoms with Crippen molar-refractivity contribution in [1.82, 2.24) is 14.8 Å². The van der Waals surface area contributed by atoms with Gasteiger partial charge < -0.3 is 5.32 Å². The monoisotopic (exact) mass is 473 g/mol. The van der Waals surface area contributed by atoms with Gasteiger partial charge in [0, 0.05) is 34.6 Å². The first kappa shape index (κ1) is 22.9. The molecule has 1 N–H and O–H groups in total. The number of hydrogen-bond acceptors (Lipinski definition) is 7. The molecule has 1 aromatic heterocycles. The number of nitro benzene ring substituents is 1. The fourth-order valence-electron chi connectivity index (χ4n) is 3.26. The zero-order valence-electron chi connectivity index (χ0n) is 18.0. The SMILES string of the molecule is CC(=O)c1cccc(NC(=O)CSc2nnc(-c3cccc([N+](=O)[O-])c3)n2-c2ccccc2)c1. The van der Waals surface area contributed by atoms with Crippen molar-refractivity contribution in [3.8, 4) is 17.1 Å². The maximum absolute atomic E-state index is 12.6. The molecule has 170 valence electrons. The van der Waals surface area contributed by atoms with Crippen LogP contribution in [0.3, 0.4) is 0 Å². The van der Waals surface area contributed by atoms with Gasteiger partial charge in [0.1, 0.15) is 0 Å². The van der Waals surface area contributed by atoms with E-state index < -0.39 is 4.92 Å². The molecule has 0 saturated carbocycles. The molecule has 0 saturated heterocycles. The molecule has 0 aliphatic carbocycles. The number of anilines is 1. The van der Waals surface area contributed by atoms with E-state index in [0.717, 1.165) is 5.69 Å². The fraction of sp³-hybridized carbons (Fsp3) is 0.0833. The highest BCUT2D eigenvalue weighted by atomic mass is 32.2. The number of Topliss-reactive ketones (excluding diaryl/α,β-unsaturated/α-hetero) is 1. The van der Waals surface area contributed by atoms with Gasteiger partial charge in [-0.2, -0.15) is 0 Å². The molecule has 0 fully saturated rings. The average Bonchev–Trinajstić information content (AvgIpc) is 3.27. The maximum atomic E-state index is 12.6. The Hall–Kier alpha value is -4.31. The molecule has 0 aliphatic rings. The van der Waals surface area contributed by atoms with Gasteiger partial charge in [-0.3, -0.25) is 24.3 Å². The highest BCUT2D eigenvalue weighted by Crippen LogP contribution is 2.29. The van der Waals surface area contributed by atoms with Gasteiger partial charge >= 0.3 is 0 Å². The number of amides is 1. The number of nitrogens with one attached hydrogen (secondary N) is 1. The molecule has 0 aliphatic heterocycles. The van der Waals surface area contributed by atoms with Gasteiger partial charge in [0.2, 0.25) is 5.91 Å². The van der Waals surface area contributed by atoms with E-state index in [2.05, 4.69) is 15.5 Å². The zero-order chi connectivity index (χ0) is 24.1. The number of aromatic nitrogens is 3. The first-order valence-electron chi connectivity index (χ1n) is 10.2. The van der Waals surface area contributed by atoms with E-state index >= 15 is 0 Å². The molecule has 1 heterocycles. The van der Waals surface area contributed by atoms with Crippen LogP contribution in [-0.4, -0.2) is 37.1 Å². The predicted octanol–water partition coefficient (Wildman–Crippen LogP) is 4.78. The molecule has 4 aromatic rings. The Labute approximate surface area is 199 Å². The summed E-state index contributed by atoms with van der Waals surface area (Å²) in [5.74, 6) is 0.108. The third kappa shape index (κ3) is 5.18. The summed E-state index contributed by atoms with van der Waals surface area (Å²) in [7, 11) is 0. The number of nitro groups is 1.